The Labute approximate surface area is 129 Å². The Hall–Kier alpha value is -2.37. The molecule has 2 rings (SSSR count). The Balaban J connectivity index is 1.92. The molecular weight excluding hydrogens is 284 g/mol. The molecule has 1 aromatic carbocycles. The predicted molar refractivity (Wildman–Crippen MR) is 81.6 cm³/mol. The van der Waals surface area contributed by atoms with Gasteiger partial charge in [0.05, 0.1) is 11.5 Å². The predicted octanol–water partition coefficient (Wildman–Crippen LogP) is 1.97. The molecule has 1 saturated heterocycles. The van der Waals surface area contributed by atoms with Gasteiger partial charge in [0.1, 0.15) is 0 Å². The van der Waals surface area contributed by atoms with Crippen molar-refractivity contribution < 1.29 is 19.5 Å². The Morgan fingerprint density at radius 1 is 1.32 bits per heavy atom. The quantitative estimate of drug-likeness (QED) is 0.841. The molecule has 1 aliphatic rings. The standard InChI is InChI=1S/C16H20N2O4/c1-2-3-8-18-10-12(9-14(18)19)15(20)17-13-6-4-11(5-7-13)16(21)22/h4-7,12H,2-3,8-10H2,1H3,(H,17,20)(H,21,22)/t12-/m1/s1. The lowest BCUT2D eigenvalue weighted by Gasteiger charge is -2.16. The molecule has 118 valence electrons. The molecule has 1 aromatic rings. The van der Waals surface area contributed by atoms with Gasteiger partial charge in [0.2, 0.25) is 11.8 Å². The van der Waals surface area contributed by atoms with E-state index in [1.54, 1.807) is 17.0 Å². The van der Waals surface area contributed by atoms with Gasteiger partial charge in [0.25, 0.3) is 0 Å². The number of likely N-dealkylation sites (tertiary alicyclic amines) is 1. The van der Waals surface area contributed by atoms with E-state index < -0.39 is 5.97 Å². The molecule has 0 saturated carbocycles. The Kier molecular flexibility index (Phi) is 5.14. The van der Waals surface area contributed by atoms with Crippen molar-refractivity contribution in [1.82, 2.24) is 4.90 Å². The first-order valence-corrected chi connectivity index (χ1v) is 7.43. The lowest BCUT2D eigenvalue weighted by molar-refractivity contribution is -0.128. The number of hydrogen-bond acceptors (Lipinski definition) is 3. The highest BCUT2D eigenvalue weighted by atomic mass is 16.4. The number of carbonyl (C=O) groups excluding carboxylic acids is 2. The van der Waals surface area contributed by atoms with Crippen LogP contribution in [0.5, 0.6) is 0 Å². The zero-order valence-corrected chi connectivity index (χ0v) is 12.5. The van der Waals surface area contributed by atoms with E-state index in [9.17, 15) is 14.4 Å². The SMILES string of the molecule is CCCCN1C[C@H](C(=O)Nc2ccc(C(=O)O)cc2)CC1=O. The van der Waals surface area contributed by atoms with Crippen LogP contribution in [0, 0.1) is 5.92 Å². The van der Waals surface area contributed by atoms with E-state index in [0.717, 1.165) is 12.8 Å². The molecule has 0 radical (unpaired) electrons. The molecule has 1 heterocycles. The van der Waals surface area contributed by atoms with Gasteiger partial charge in [-0.2, -0.15) is 0 Å². The molecule has 1 aliphatic heterocycles. The molecule has 1 atom stereocenters. The van der Waals surface area contributed by atoms with Crippen molar-refractivity contribution in [3.63, 3.8) is 0 Å². The van der Waals surface area contributed by atoms with Crippen LogP contribution in [0.2, 0.25) is 0 Å². The molecule has 2 N–H and O–H groups in total. The van der Waals surface area contributed by atoms with Crippen LogP contribution in [0.1, 0.15) is 36.5 Å². The molecule has 1 fully saturated rings. The maximum Gasteiger partial charge on any atom is 0.335 e. The molecule has 2 amide bonds. The van der Waals surface area contributed by atoms with Gasteiger partial charge in [-0.05, 0) is 30.7 Å². The summed E-state index contributed by atoms with van der Waals surface area (Å²) in [5, 5.41) is 11.6. The van der Waals surface area contributed by atoms with Crippen molar-refractivity contribution in [2.75, 3.05) is 18.4 Å². The smallest absolute Gasteiger partial charge is 0.335 e. The third kappa shape index (κ3) is 3.84. The minimum atomic E-state index is -1.01. The fourth-order valence-electron chi connectivity index (χ4n) is 2.45. The van der Waals surface area contributed by atoms with E-state index in [2.05, 4.69) is 12.2 Å². The summed E-state index contributed by atoms with van der Waals surface area (Å²) in [5.74, 6) is -1.53. The number of amides is 2. The first kappa shape index (κ1) is 16.0. The Morgan fingerprint density at radius 2 is 2.00 bits per heavy atom. The van der Waals surface area contributed by atoms with Gasteiger partial charge in [-0.3, -0.25) is 9.59 Å². The zero-order valence-electron chi connectivity index (χ0n) is 12.5. The second kappa shape index (κ2) is 7.06. The molecular formula is C16H20N2O4. The van der Waals surface area contributed by atoms with Gasteiger partial charge < -0.3 is 15.3 Å². The molecule has 0 aliphatic carbocycles. The number of aromatic carboxylic acids is 1. The third-order valence-corrected chi connectivity index (χ3v) is 3.77. The van der Waals surface area contributed by atoms with E-state index in [1.165, 1.54) is 12.1 Å². The molecule has 0 spiro atoms. The maximum atomic E-state index is 12.2. The number of unbranched alkanes of at least 4 members (excludes halogenated alkanes) is 1. The summed E-state index contributed by atoms with van der Waals surface area (Å²) in [6.45, 7) is 3.22. The fraction of sp³-hybridized carbons (Fsp3) is 0.438. The molecule has 0 aromatic heterocycles. The van der Waals surface area contributed by atoms with E-state index >= 15 is 0 Å². The van der Waals surface area contributed by atoms with Crippen molar-refractivity contribution in [2.24, 2.45) is 5.92 Å². The van der Waals surface area contributed by atoms with Crippen LogP contribution in [0.4, 0.5) is 5.69 Å². The summed E-state index contributed by atoms with van der Waals surface area (Å²) in [6.07, 6.45) is 2.19. The number of anilines is 1. The average Bonchev–Trinajstić information content (AvgIpc) is 2.87. The van der Waals surface area contributed by atoms with Crippen molar-refractivity contribution in [1.29, 1.82) is 0 Å². The second-order valence-electron chi connectivity index (χ2n) is 5.47. The molecule has 6 nitrogen and oxygen atoms in total. The first-order chi connectivity index (χ1) is 10.5. The van der Waals surface area contributed by atoms with Crippen molar-refractivity contribution in [3.05, 3.63) is 29.8 Å². The highest BCUT2D eigenvalue weighted by Gasteiger charge is 2.33. The highest BCUT2D eigenvalue weighted by Crippen LogP contribution is 2.20. The fourth-order valence-corrected chi connectivity index (χ4v) is 2.45. The normalized spacial score (nSPS) is 17.6. The van der Waals surface area contributed by atoms with Crippen LogP contribution in [-0.4, -0.2) is 40.9 Å². The van der Waals surface area contributed by atoms with Crippen LogP contribution in [0.3, 0.4) is 0 Å². The van der Waals surface area contributed by atoms with E-state index in [1.807, 2.05) is 0 Å². The number of hydrogen-bond donors (Lipinski definition) is 2. The first-order valence-electron chi connectivity index (χ1n) is 7.43. The van der Waals surface area contributed by atoms with E-state index in [-0.39, 0.29) is 29.7 Å². The zero-order chi connectivity index (χ0) is 16.1. The van der Waals surface area contributed by atoms with Crippen LogP contribution in [0.15, 0.2) is 24.3 Å². The van der Waals surface area contributed by atoms with Crippen LogP contribution >= 0.6 is 0 Å². The Morgan fingerprint density at radius 3 is 2.59 bits per heavy atom. The summed E-state index contributed by atoms with van der Waals surface area (Å²) in [5.41, 5.74) is 0.703. The number of carboxylic acid groups (broad SMARTS) is 1. The highest BCUT2D eigenvalue weighted by molar-refractivity contribution is 5.97. The lowest BCUT2D eigenvalue weighted by atomic mass is 10.1. The Bertz CT molecular complexity index is 568. The van der Waals surface area contributed by atoms with Crippen LogP contribution < -0.4 is 5.32 Å². The largest absolute Gasteiger partial charge is 0.478 e. The number of rotatable bonds is 6. The summed E-state index contributed by atoms with van der Waals surface area (Å²) in [7, 11) is 0. The number of nitrogens with zero attached hydrogens (tertiary/aromatic N) is 1. The monoisotopic (exact) mass is 304 g/mol. The summed E-state index contributed by atoms with van der Waals surface area (Å²) in [6, 6.07) is 5.97. The van der Waals surface area contributed by atoms with E-state index in [0.29, 0.717) is 18.8 Å². The summed E-state index contributed by atoms with van der Waals surface area (Å²) in [4.78, 5) is 36.5. The topological polar surface area (TPSA) is 86.7 Å². The van der Waals surface area contributed by atoms with Gasteiger partial charge in [-0.15, -0.1) is 0 Å². The van der Waals surface area contributed by atoms with Gasteiger partial charge >= 0.3 is 5.97 Å². The van der Waals surface area contributed by atoms with E-state index in [4.69, 9.17) is 5.11 Å². The molecule has 0 unspecified atom stereocenters. The van der Waals surface area contributed by atoms with Gasteiger partial charge in [-0.25, -0.2) is 4.79 Å². The molecule has 6 heteroatoms. The molecule has 22 heavy (non-hydrogen) atoms. The summed E-state index contributed by atoms with van der Waals surface area (Å²) < 4.78 is 0. The minimum Gasteiger partial charge on any atom is -0.478 e. The number of carboxylic acids is 1. The third-order valence-electron chi connectivity index (χ3n) is 3.77. The van der Waals surface area contributed by atoms with Crippen LogP contribution in [-0.2, 0) is 9.59 Å². The number of nitrogens with one attached hydrogen (secondary N) is 1. The number of benzene rings is 1. The second-order valence-corrected chi connectivity index (χ2v) is 5.47. The minimum absolute atomic E-state index is 0.0230. The summed E-state index contributed by atoms with van der Waals surface area (Å²) >= 11 is 0. The van der Waals surface area contributed by atoms with Crippen molar-refractivity contribution in [2.45, 2.75) is 26.2 Å². The van der Waals surface area contributed by atoms with Crippen molar-refractivity contribution in [3.8, 4) is 0 Å². The van der Waals surface area contributed by atoms with Gasteiger partial charge in [-0.1, -0.05) is 13.3 Å². The van der Waals surface area contributed by atoms with Gasteiger partial charge in [0, 0.05) is 25.2 Å². The average molecular weight is 304 g/mol. The lowest BCUT2D eigenvalue weighted by Crippen LogP contribution is -2.29. The number of carbonyl (C=O) groups is 3. The van der Waals surface area contributed by atoms with Crippen molar-refractivity contribution >= 4 is 23.5 Å². The van der Waals surface area contributed by atoms with Gasteiger partial charge in [0.15, 0.2) is 0 Å². The maximum absolute atomic E-state index is 12.2. The van der Waals surface area contributed by atoms with Crippen LogP contribution in [0.25, 0.3) is 0 Å². The molecule has 0 bridgehead atoms.